The molecule has 1 aromatic carbocycles. The van der Waals surface area contributed by atoms with E-state index in [-0.39, 0.29) is 5.91 Å². The van der Waals surface area contributed by atoms with Crippen molar-refractivity contribution in [3.8, 4) is 11.5 Å². The van der Waals surface area contributed by atoms with Gasteiger partial charge in [0.05, 0.1) is 18.9 Å². The van der Waals surface area contributed by atoms with Gasteiger partial charge in [0.2, 0.25) is 0 Å². The molecular formula is C17H18N4O3. The molecule has 0 aliphatic carbocycles. The van der Waals surface area contributed by atoms with Crippen molar-refractivity contribution in [2.24, 2.45) is 0 Å². The number of hydrogen-bond donors (Lipinski definition) is 1. The summed E-state index contributed by atoms with van der Waals surface area (Å²) in [7, 11) is 0. The number of aromatic nitrogens is 3. The Kier molecular flexibility index (Phi) is 4.60. The predicted molar refractivity (Wildman–Crippen MR) is 89.7 cm³/mol. The van der Waals surface area contributed by atoms with Gasteiger partial charge in [0.15, 0.2) is 5.65 Å². The minimum atomic E-state index is -0.245. The summed E-state index contributed by atoms with van der Waals surface area (Å²) in [5.74, 6) is 0.954. The molecule has 0 aliphatic heterocycles. The van der Waals surface area contributed by atoms with Crippen LogP contribution in [-0.2, 0) is 0 Å². The molecule has 0 radical (unpaired) electrons. The van der Waals surface area contributed by atoms with Crippen LogP contribution < -0.4 is 14.8 Å². The van der Waals surface area contributed by atoms with Crippen LogP contribution >= 0.6 is 0 Å². The summed E-state index contributed by atoms with van der Waals surface area (Å²) in [5, 5.41) is 10.6. The van der Waals surface area contributed by atoms with Gasteiger partial charge in [-0.05, 0) is 38.1 Å². The second-order valence-electron chi connectivity index (χ2n) is 5.03. The number of hydrogen-bond acceptors (Lipinski definition) is 5. The van der Waals surface area contributed by atoms with E-state index >= 15 is 0 Å². The molecule has 0 unspecified atom stereocenters. The molecule has 3 aromatic rings. The SMILES string of the molecule is CCOc1cc(OCC)cc(C(=O)Nc2ccc3nncn3c2)c1. The van der Waals surface area contributed by atoms with Crippen LogP contribution in [0, 0.1) is 0 Å². The lowest BCUT2D eigenvalue weighted by atomic mass is 10.2. The largest absolute Gasteiger partial charge is 0.494 e. The molecule has 3 rings (SSSR count). The summed E-state index contributed by atoms with van der Waals surface area (Å²) >= 11 is 0. The minimum Gasteiger partial charge on any atom is -0.494 e. The molecule has 1 N–H and O–H groups in total. The van der Waals surface area contributed by atoms with Crippen molar-refractivity contribution in [1.29, 1.82) is 0 Å². The summed E-state index contributed by atoms with van der Waals surface area (Å²) in [6.45, 7) is 4.81. The van der Waals surface area contributed by atoms with Gasteiger partial charge in [-0.3, -0.25) is 9.20 Å². The molecular weight excluding hydrogens is 308 g/mol. The molecule has 0 aliphatic rings. The Hall–Kier alpha value is -3.09. The number of anilines is 1. The molecule has 0 atom stereocenters. The monoisotopic (exact) mass is 326 g/mol. The summed E-state index contributed by atoms with van der Waals surface area (Å²) in [5.41, 5.74) is 1.82. The van der Waals surface area contributed by atoms with E-state index in [4.69, 9.17) is 9.47 Å². The lowest BCUT2D eigenvalue weighted by Crippen LogP contribution is -2.13. The van der Waals surface area contributed by atoms with Gasteiger partial charge in [0.25, 0.3) is 5.91 Å². The van der Waals surface area contributed by atoms with Crippen LogP contribution in [0.5, 0.6) is 11.5 Å². The quantitative estimate of drug-likeness (QED) is 0.753. The average molecular weight is 326 g/mol. The summed E-state index contributed by atoms with van der Waals surface area (Å²) in [6, 6.07) is 8.72. The maximum Gasteiger partial charge on any atom is 0.255 e. The van der Waals surface area contributed by atoms with Gasteiger partial charge >= 0.3 is 0 Å². The lowest BCUT2D eigenvalue weighted by Gasteiger charge is -2.11. The Morgan fingerprint density at radius 3 is 2.50 bits per heavy atom. The van der Waals surface area contributed by atoms with Crippen LogP contribution in [0.1, 0.15) is 24.2 Å². The van der Waals surface area contributed by atoms with E-state index < -0.39 is 0 Å². The smallest absolute Gasteiger partial charge is 0.255 e. The van der Waals surface area contributed by atoms with Gasteiger partial charge in [-0.15, -0.1) is 10.2 Å². The Morgan fingerprint density at radius 1 is 1.12 bits per heavy atom. The third-order valence-corrected chi connectivity index (χ3v) is 3.31. The molecule has 124 valence electrons. The highest BCUT2D eigenvalue weighted by Crippen LogP contribution is 2.24. The first-order valence-electron chi connectivity index (χ1n) is 7.71. The van der Waals surface area contributed by atoms with Crippen molar-refractivity contribution in [2.45, 2.75) is 13.8 Å². The van der Waals surface area contributed by atoms with Crippen LogP contribution in [0.4, 0.5) is 5.69 Å². The Balaban J connectivity index is 1.84. The molecule has 24 heavy (non-hydrogen) atoms. The highest BCUT2D eigenvalue weighted by atomic mass is 16.5. The fourth-order valence-corrected chi connectivity index (χ4v) is 2.31. The second-order valence-corrected chi connectivity index (χ2v) is 5.03. The van der Waals surface area contributed by atoms with E-state index in [2.05, 4.69) is 15.5 Å². The molecule has 0 saturated carbocycles. The Bertz CT molecular complexity index is 836. The first-order valence-corrected chi connectivity index (χ1v) is 7.71. The zero-order chi connectivity index (χ0) is 16.9. The van der Waals surface area contributed by atoms with Crippen LogP contribution in [0.15, 0.2) is 42.9 Å². The van der Waals surface area contributed by atoms with Crippen molar-refractivity contribution in [3.63, 3.8) is 0 Å². The number of nitrogens with one attached hydrogen (secondary N) is 1. The maximum atomic E-state index is 12.5. The Morgan fingerprint density at radius 2 is 1.83 bits per heavy atom. The first-order chi connectivity index (χ1) is 11.7. The van der Waals surface area contributed by atoms with Gasteiger partial charge in [-0.1, -0.05) is 0 Å². The zero-order valence-corrected chi connectivity index (χ0v) is 13.5. The highest BCUT2D eigenvalue weighted by molar-refractivity contribution is 6.04. The van der Waals surface area contributed by atoms with Crippen LogP contribution in [0.25, 0.3) is 5.65 Å². The van der Waals surface area contributed by atoms with Crippen molar-refractivity contribution in [2.75, 3.05) is 18.5 Å². The van der Waals surface area contributed by atoms with E-state index in [1.54, 1.807) is 47.3 Å². The van der Waals surface area contributed by atoms with Crippen molar-refractivity contribution in [3.05, 3.63) is 48.4 Å². The van der Waals surface area contributed by atoms with Crippen LogP contribution in [-0.4, -0.2) is 33.7 Å². The fraction of sp³-hybridized carbons (Fsp3) is 0.235. The topological polar surface area (TPSA) is 77.8 Å². The number of fused-ring (bicyclic) bond motifs is 1. The van der Waals surface area contributed by atoms with E-state index in [0.29, 0.717) is 41.6 Å². The number of pyridine rings is 1. The third-order valence-electron chi connectivity index (χ3n) is 3.31. The maximum absolute atomic E-state index is 12.5. The van der Waals surface area contributed by atoms with E-state index in [1.807, 2.05) is 13.8 Å². The van der Waals surface area contributed by atoms with E-state index in [9.17, 15) is 4.79 Å². The van der Waals surface area contributed by atoms with Gasteiger partial charge in [0, 0.05) is 17.8 Å². The second kappa shape index (κ2) is 6.99. The standard InChI is InChI=1S/C17H18N4O3/c1-3-23-14-7-12(8-15(9-14)24-4-2)17(22)19-13-5-6-16-20-18-11-21(16)10-13/h5-11H,3-4H2,1-2H3,(H,19,22). The number of ether oxygens (including phenoxy) is 2. The average Bonchev–Trinajstić information content (AvgIpc) is 3.03. The van der Waals surface area contributed by atoms with E-state index in [0.717, 1.165) is 0 Å². The summed E-state index contributed by atoms with van der Waals surface area (Å²) < 4.78 is 12.7. The number of amides is 1. The van der Waals surface area contributed by atoms with Crippen LogP contribution in [0.3, 0.4) is 0 Å². The molecule has 0 fully saturated rings. The molecule has 0 spiro atoms. The number of carbonyl (C=O) groups is 1. The number of carbonyl (C=O) groups excluding carboxylic acids is 1. The van der Waals surface area contributed by atoms with Gasteiger partial charge in [-0.25, -0.2) is 0 Å². The predicted octanol–water partition coefficient (Wildman–Crippen LogP) is 2.78. The van der Waals surface area contributed by atoms with Gasteiger partial charge in [0.1, 0.15) is 17.8 Å². The molecule has 0 bridgehead atoms. The van der Waals surface area contributed by atoms with Crippen molar-refractivity contribution in [1.82, 2.24) is 14.6 Å². The van der Waals surface area contributed by atoms with Gasteiger partial charge in [-0.2, -0.15) is 0 Å². The Labute approximate surface area is 139 Å². The van der Waals surface area contributed by atoms with Crippen molar-refractivity contribution >= 4 is 17.2 Å². The molecule has 1 amide bonds. The van der Waals surface area contributed by atoms with E-state index in [1.165, 1.54) is 0 Å². The minimum absolute atomic E-state index is 0.245. The lowest BCUT2D eigenvalue weighted by molar-refractivity contribution is 0.102. The fourth-order valence-electron chi connectivity index (χ4n) is 2.31. The zero-order valence-electron chi connectivity index (χ0n) is 13.5. The highest BCUT2D eigenvalue weighted by Gasteiger charge is 2.11. The molecule has 7 heteroatoms. The number of nitrogens with zero attached hydrogens (tertiary/aromatic N) is 3. The number of benzene rings is 1. The normalized spacial score (nSPS) is 10.6. The number of rotatable bonds is 6. The summed E-state index contributed by atoms with van der Waals surface area (Å²) in [4.78, 5) is 12.5. The molecule has 7 nitrogen and oxygen atoms in total. The van der Waals surface area contributed by atoms with Crippen LogP contribution in [0.2, 0.25) is 0 Å². The van der Waals surface area contributed by atoms with Crippen molar-refractivity contribution < 1.29 is 14.3 Å². The third kappa shape index (κ3) is 3.45. The molecule has 2 heterocycles. The molecule has 2 aromatic heterocycles. The van der Waals surface area contributed by atoms with Gasteiger partial charge < -0.3 is 14.8 Å². The first kappa shape index (κ1) is 15.8. The summed E-state index contributed by atoms with van der Waals surface area (Å²) in [6.07, 6.45) is 3.33. The molecule has 0 saturated heterocycles.